The van der Waals surface area contributed by atoms with Crippen molar-refractivity contribution < 1.29 is 0 Å². The Balaban J connectivity index is 2.09. The molecule has 0 unspecified atom stereocenters. The van der Waals surface area contributed by atoms with Crippen molar-refractivity contribution in [3.8, 4) is 0 Å². The fourth-order valence-corrected chi connectivity index (χ4v) is 2.93. The highest BCUT2D eigenvalue weighted by atomic mass is 35.5. The lowest BCUT2D eigenvalue weighted by molar-refractivity contribution is 0.846. The molecule has 0 amide bonds. The number of rotatable bonds is 5. The molecule has 5 heteroatoms. The summed E-state index contributed by atoms with van der Waals surface area (Å²) in [4.78, 5) is 2.27. The molecular formula is C16H17ClN2S2. The van der Waals surface area contributed by atoms with Crippen LogP contribution in [0.15, 0.2) is 58.3 Å². The van der Waals surface area contributed by atoms with Crippen LogP contribution < -0.4 is 10.6 Å². The van der Waals surface area contributed by atoms with Gasteiger partial charge in [0.15, 0.2) is 5.11 Å². The largest absolute Gasteiger partial charge is 0.362 e. The van der Waals surface area contributed by atoms with E-state index in [-0.39, 0.29) is 0 Å². The number of hydrogen-bond acceptors (Lipinski definition) is 2. The van der Waals surface area contributed by atoms with Gasteiger partial charge in [0.05, 0.1) is 5.69 Å². The first-order valence-corrected chi connectivity index (χ1v) is 8.36. The van der Waals surface area contributed by atoms with E-state index in [1.165, 1.54) is 0 Å². The second-order valence-electron chi connectivity index (χ2n) is 4.43. The summed E-state index contributed by atoms with van der Waals surface area (Å²) < 4.78 is 0. The van der Waals surface area contributed by atoms with Gasteiger partial charge in [-0.15, -0.1) is 0 Å². The summed E-state index contributed by atoms with van der Waals surface area (Å²) in [6.45, 7) is 2.98. The Bertz CT molecular complexity index is 599. The molecule has 2 N–H and O–H groups in total. The average molecular weight is 337 g/mol. The number of anilines is 1. The van der Waals surface area contributed by atoms with Gasteiger partial charge in [-0.05, 0) is 55.0 Å². The normalized spacial score (nSPS) is 10.2. The van der Waals surface area contributed by atoms with Crippen molar-refractivity contribution in [1.82, 2.24) is 5.32 Å². The van der Waals surface area contributed by atoms with Crippen molar-refractivity contribution in [1.29, 1.82) is 0 Å². The molecule has 0 aliphatic carbocycles. The van der Waals surface area contributed by atoms with Gasteiger partial charge >= 0.3 is 0 Å². The smallest absolute Gasteiger partial charge is 0.170 e. The second-order valence-corrected chi connectivity index (χ2v) is 6.39. The topological polar surface area (TPSA) is 24.1 Å². The SMILES string of the molecule is CCCNC(=S)Nc1ccccc1Sc1ccc(Cl)cc1. The van der Waals surface area contributed by atoms with Crippen LogP contribution in [0.5, 0.6) is 0 Å². The van der Waals surface area contributed by atoms with Crippen molar-refractivity contribution in [2.75, 3.05) is 11.9 Å². The van der Waals surface area contributed by atoms with Crippen molar-refractivity contribution in [3.05, 3.63) is 53.6 Å². The third-order valence-electron chi connectivity index (χ3n) is 2.71. The van der Waals surface area contributed by atoms with Crippen LogP contribution in [0.2, 0.25) is 5.02 Å². The van der Waals surface area contributed by atoms with Gasteiger partial charge in [-0.3, -0.25) is 0 Å². The van der Waals surface area contributed by atoms with Crippen LogP contribution in [0.1, 0.15) is 13.3 Å². The minimum Gasteiger partial charge on any atom is -0.362 e. The third kappa shape index (κ3) is 5.23. The molecule has 0 fully saturated rings. The molecule has 21 heavy (non-hydrogen) atoms. The number of benzene rings is 2. The molecule has 0 aliphatic heterocycles. The Kier molecular flexibility index (Phi) is 6.36. The molecule has 0 saturated carbocycles. The van der Waals surface area contributed by atoms with Crippen molar-refractivity contribution in [2.45, 2.75) is 23.1 Å². The molecule has 2 nitrogen and oxygen atoms in total. The lowest BCUT2D eigenvalue weighted by Gasteiger charge is -2.13. The first-order chi connectivity index (χ1) is 10.2. The predicted molar refractivity (Wildman–Crippen MR) is 96.5 cm³/mol. The van der Waals surface area contributed by atoms with Gasteiger partial charge < -0.3 is 10.6 Å². The Hall–Kier alpha value is -1.23. The maximum Gasteiger partial charge on any atom is 0.170 e. The molecule has 0 saturated heterocycles. The van der Waals surface area contributed by atoms with Gasteiger partial charge in [0, 0.05) is 21.4 Å². The van der Waals surface area contributed by atoms with Gasteiger partial charge in [-0.2, -0.15) is 0 Å². The number of para-hydroxylation sites is 1. The Morgan fingerprint density at radius 2 is 1.86 bits per heavy atom. The highest BCUT2D eigenvalue weighted by Gasteiger charge is 2.05. The first-order valence-electron chi connectivity index (χ1n) is 6.76. The molecule has 0 radical (unpaired) electrons. The molecule has 2 rings (SSSR count). The van der Waals surface area contributed by atoms with Crippen molar-refractivity contribution >= 4 is 46.4 Å². The van der Waals surface area contributed by atoms with Gasteiger partial charge in [0.25, 0.3) is 0 Å². The van der Waals surface area contributed by atoms with Gasteiger partial charge in [0.2, 0.25) is 0 Å². The quantitative estimate of drug-likeness (QED) is 0.734. The Morgan fingerprint density at radius 3 is 2.57 bits per heavy atom. The van der Waals surface area contributed by atoms with Crippen LogP contribution in [0.25, 0.3) is 0 Å². The van der Waals surface area contributed by atoms with Crippen LogP contribution in [0, 0.1) is 0 Å². The zero-order valence-electron chi connectivity index (χ0n) is 11.7. The maximum atomic E-state index is 5.92. The highest BCUT2D eigenvalue weighted by molar-refractivity contribution is 7.99. The number of hydrogen-bond donors (Lipinski definition) is 2. The van der Waals surface area contributed by atoms with Crippen LogP contribution >= 0.6 is 35.6 Å². The fraction of sp³-hybridized carbons (Fsp3) is 0.188. The zero-order chi connectivity index (χ0) is 15.1. The standard InChI is InChI=1S/C16H17ClN2S2/c1-2-11-18-16(20)19-14-5-3-4-6-15(14)21-13-9-7-12(17)8-10-13/h3-10H,2,11H2,1H3,(H2,18,19,20). The molecule has 110 valence electrons. The maximum absolute atomic E-state index is 5.92. The molecule has 0 atom stereocenters. The van der Waals surface area contributed by atoms with Gasteiger partial charge in [-0.25, -0.2) is 0 Å². The molecule has 0 spiro atoms. The van der Waals surface area contributed by atoms with Crippen molar-refractivity contribution in [2.24, 2.45) is 0 Å². The number of thiocarbonyl (C=S) groups is 1. The van der Waals surface area contributed by atoms with Crippen LogP contribution in [0.4, 0.5) is 5.69 Å². The summed E-state index contributed by atoms with van der Waals surface area (Å²) >= 11 is 12.9. The minimum atomic E-state index is 0.654. The van der Waals surface area contributed by atoms with Crippen LogP contribution in [-0.2, 0) is 0 Å². The highest BCUT2D eigenvalue weighted by Crippen LogP contribution is 2.33. The summed E-state index contributed by atoms with van der Waals surface area (Å²) in [5.41, 5.74) is 1.01. The average Bonchev–Trinajstić information content (AvgIpc) is 2.49. The molecule has 2 aromatic rings. The molecule has 0 heterocycles. The molecule has 0 aromatic heterocycles. The molecular weight excluding hydrogens is 320 g/mol. The van der Waals surface area contributed by atoms with Gasteiger partial charge in [0.1, 0.15) is 0 Å². The van der Waals surface area contributed by atoms with Crippen molar-refractivity contribution in [3.63, 3.8) is 0 Å². The summed E-state index contributed by atoms with van der Waals surface area (Å²) in [5, 5.41) is 7.82. The van der Waals surface area contributed by atoms with E-state index >= 15 is 0 Å². The van der Waals surface area contributed by atoms with E-state index in [0.29, 0.717) is 5.11 Å². The number of nitrogens with one attached hydrogen (secondary N) is 2. The first kappa shape index (κ1) is 16.1. The van der Waals surface area contributed by atoms with E-state index in [1.54, 1.807) is 11.8 Å². The summed E-state index contributed by atoms with van der Waals surface area (Å²) in [6.07, 6.45) is 1.04. The van der Waals surface area contributed by atoms with Crippen LogP contribution in [-0.4, -0.2) is 11.7 Å². The Labute approximate surface area is 140 Å². The zero-order valence-corrected chi connectivity index (χ0v) is 14.1. The lowest BCUT2D eigenvalue weighted by atomic mass is 10.3. The van der Waals surface area contributed by atoms with Gasteiger partial charge in [-0.1, -0.05) is 42.4 Å². The van der Waals surface area contributed by atoms with E-state index < -0.39 is 0 Å². The molecule has 2 aromatic carbocycles. The van der Waals surface area contributed by atoms with E-state index in [2.05, 4.69) is 23.6 Å². The van der Waals surface area contributed by atoms with E-state index in [1.807, 2.05) is 42.5 Å². The third-order valence-corrected chi connectivity index (χ3v) is 4.29. The lowest BCUT2D eigenvalue weighted by Crippen LogP contribution is -2.29. The monoisotopic (exact) mass is 336 g/mol. The predicted octanol–water partition coefficient (Wildman–Crippen LogP) is 5.19. The summed E-state index contributed by atoms with van der Waals surface area (Å²) in [5.74, 6) is 0. The molecule has 0 aliphatic rings. The van der Waals surface area contributed by atoms with Crippen LogP contribution in [0.3, 0.4) is 0 Å². The summed E-state index contributed by atoms with van der Waals surface area (Å²) in [7, 11) is 0. The summed E-state index contributed by atoms with van der Waals surface area (Å²) in [6, 6.07) is 15.9. The number of halogens is 1. The second kappa shape index (κ2) is 8.27. The molecule has 0 bridgehead atoms. The van der Waals surface area contributed by atoms with E-state index in [0.717, 1.165) is 33.5 Å². The van der Waals surface area contributed by atoms with E-state index in [4.69, 9.17) is 23.8 Å². The minimum absolute atomic E-state index is 0.654. The Morgan fingerprint density at radius 1 is 1.14 bits per heavy atom. The van der Waals surface area contributed by atoms with E-state index in [9.17, 15) is 0 Å². The fourth-order valence-electron chi connectivity index (χ4n) is 1.69.